The molecule has 1 aromatic heterocycles. The van der Waals surface area contributed by atoms with Gasteiger partial charge >= 0.3 is 0 Å². The topological polar surface area (TPSA) is 56.6 Å². The van der Waals surface area contributed by atoms with Crippen molar-refractivity contribution in [2.24, 2.45) is 5.92 Å². The molecule has 1 aromatic rings. The minimum Gasteiger partial charge on any atom is -0.385 e. The SMILES string of the molecule is COCCC1COC2(C1)CN(C(=O)Cn1cc(C)cn1)C2. The summed E-state index contributed by atoms with van der Waals surface area (Å²) >= 11 is 0. The van der Waals surface area contributed by atoms with Crippen molar-refractivity contribution < 1.29 is 14.3 Å². The number of rotatable bonds is 5. The van der Waals surface area contributed by atoms with Crippen LogP contribution in [0.25, 0.3) is 0 Å². The van der Waals surface area contributed by atoms with Crippen LogP contribution in [-0.4, -0.2) is 59.6 Å². The van der Waals surface area contributed by atoms with Gasteiger partial charge in [-0.1, -0.05) is 0 Å². The van der Waals surface area contributed by atoms with Gasteiger partial charge in [0.25, 0.3) is 0 Å². The van der Waals surface area contributed by atoms with Crippen LogP contribution in [0.5, 0.6) is 0 Å². The van der Waals surface area contributed by atoms with Crippen LogP contribution < -0.4 is 0 Å². The Kier molecular flexibility index (Phi) is 3.99. The first-order valence-corrected chi connectivity index (χ1v) is 7.50. The fourth-order valence-electron chi connectivity index (χ4n) is 3.25. The summed E-state index contributed by atoms with van der Waals surface area (Å²) in [4.78, 5) is 14.1. The quantitative estimate of drug-likeness (QED) is 0.807. The average molecular weight is 293 g/mol. The van der Waals surface area contributed by atoms with Crippen molar-refractivity contribution >= 4 is 5.91 Å². The second kappa shape index (κ2) is 5.77. The predicted octanol–water partition coefficient (Wildman–Crippen LogP) is 0.846. The molecule has 1 spiro atoms. The Balaban J connectivity index is 1.46. The van der Waals surface area contributed by atoms with Crippen molar-refractivity contribution in [3.8, 4) is 0 Å². The highest BCUT2D eigenvalue weighted by atomic mass is 16.5. The lowest BCUT2D eigenvalue weighted by Crippen LogP contribution is -2.63. The highest BCUT2D eigenvalue weighted by Gasteiger charge is 2.50. The first kappa shape index (κ1) is 14.5. The number of ether oxygens (including phenoxy) is 2. The van der Waals surface area contributed by atoms with E-state index in [9.17, 15) is 4.79 Å². The van der Waals surface area contributed by atoms with Gasteiger partial charge in [0.15, 0.2) is 0 Å². The largest absolute Gasteiger partial charge is 0.385 e. The van der Waals surface area contributed by atoms with Crippen LogP contribution in [0.2, 0.25) is 0 Å². The molecule has 3 rings (SSSR count). The second-order valence-corrected chi connectivity index (χ2v) is 6.31. The van der Waals surface area contributed by atoms with Gasteiger partial charge in [0.1, 0.15) is 12.1 Å². The van der Waals surface area contributed by atoms with Crippen molar-refractivity contribution in [2.45, 2.75) is 31.9 Å². The van der Waals surface area contributed by atoms with E-state index in [0.29, 0.717) is 12.5 Å². The Labute approximate surface area is 125 Å². The molecule has 2 aliphatic rings. The number of nitrogens with zero attached hydrogens (tertiary/aromatic N) is 3. The van der Waals surface area contributed by atoms with E-state index >= 15 is 0 Å². The first-order chi connectivity index (χ1) is 10.1. The Morgan fingerprint density at radius 1 is 1.57 bits per heavy atom. The Morgan fingerprint density at radius 3 is 3.05 bits per heavy atom. The molecule has 1 amide bonds. The minimum atomic E-state index is -0.0892. The van der Waals surface area contributed by atoms with Gasteiger partial charge in [0.2, 0.25) is 5.91 Å². The van der Waals surface area contributed by atoms with Crippen LogP contribution in [-0.2, 0) is 20.8 Å². The van der Waals surface area contributed by atoms with Crippen LogP contribution in [0.4, 0.5) is 0 Å². The smallest absolute Gasteiger partial charge is 0.244 e. The highest BCUT2D eigenvalue weighted by Crippen LogP contribution is 2.39. The van der Waals surface area contributed by atoms with E-state index in [0.717, 1.165) is 44.7 Å². The maximum Gasteiger partial charge on any atom is 0.244 e. The summed E-state index contributed by atoms with van der Waals surface area (Å²) in [5.41, 5.74) is 0.983. The number of carbonyl (C=O) groups is 1. The standard InChI is InChI=1S/C15H23N3O3/c1-12-6-16-18(7-12)8-14(19)17-10-15(11-17)5-13(9-21-15)3-4-20-2/h6-7,13H,3-5,8-11H2,1-2H3. The Morgan fingerprint density at radius 2 is 2.38 bits per heavy atom. The van der Waals surface area contributed by atoms with Gasteiger partial charge in [0.05, 0.1) is 25.9 Å². The summed E-state index contributed by atoms with van der Waals surface area (Å²) in [5.74, 6) is 0.684. The summed E-state index contributed by atoms with van der Waals surface area (Å²) in [5, 5.41) is 4.16. The third-order valence-electron chi connectivity index (χ3n) is 4.39. The fraction of sp³-hybridized carbons (Fsp3) is 0.733. The fourth-order valence-corrected chi connectivity index (χ4v) is 3.25. The zero-order valence-corrected chi connectivity index (χ0v) is 12.7. The monoisotopic (exact) mass is 293 g/mol. The molecular weight excluding hydrogens is 270 g/mol. The minimum absolute atomic E-state index is 0.0892. The van der Waals surface area contributed by atoms with Gasteiger partial charge in [-0.05, 0) is 31.2 Å². The molecule has 0 bridgehead atoms. The second-order valence-electron chi connectivity index (χ2n) is 6.31. The molecular formula is C15H23N3O3. The van der Waals surface area contributed by atoms with Crippen molar-refractivity contribution in [1.29, 1.82) is 0 Å². The average Bonchev–Trinajstić information content (AvgIpc) is 3.01. The van der Waals surface area contributed by atoms with E-state index in [2.05, 4.69) is 5.10 Å². The molecule has 2 aliphatic heterocycles. The third-order valence-corrected chi connectivity index (χ3v) is 4.39. The molecule has 21 heavy (non-hydrogen) atoms. The van der Waals surface area contributed by atoms with Gasteiger partial charge in [-0.25, -0.2) is 0 Å². The van der Waals surface area contributed by atoms with E-state index in [1.165, 1.54) is 0 Å². The molecule has 6 heteroatoms. The van der Waals surface area contributed by atoms with Gasteiger partial charge < -0.3 is 14.4 Å². The zero-order chi connectivity index (χ0) is 14.9. The number of aromatic nitrogens is 2. The van der Waals surface area contributed by atoms with Crippen molar-refractivity contribution in [1.82, 2.24) is 14.7 Å². The maximum absolute atomic E-state index is 12.2. The third kappa shape index (κ3) is 3.11. The van der Waals surface area contributed by atoms with Gasteiger partial charge in [0, 0.05) is 19.9 Å². The van der Waals surface area contributed by atoms with Crippen LogP contribution >= 0.6 is 0 Å². The summed E-state index contributed by atoms with van der Waals surface area (Å²) < 4.78 is 12.8. The van der Waals surface area contributed by atoms with Crippen molar-refractivity contribution in [3.63, 3.8) is 0 Å². The first-order valence-electron chi connectivity index (χ1n) is 7.50. The number of hydrogen-bond acceptors (Lipinski definition) is 4. The summed E-state index contributed by atoms with van der Waals surface area (Å²) in [6.07, 6.45) is 5.74. The summed E-state index contributed by atoms with van der Waals surface area (Å²) in [7, 11) is 1.73. The van der Waals surface area contributed by atoms with Crippen LogP contribution in [0.3, 0.4) is 0 Å². The molecule has 0 saturated carbocycles. The van der Waals surface area contributed by atoms with E-state index < -0.39 is 0 Å². The molecule has 2 fully saturated rings. The number of methoxy groups -OCH3 is 1. The molecule has 2 saturated heterocycles. The van der Waals surface area contributed by atoms with E-state index in [-0.39, 0.29) is 11.5 Å². The number of hydrogen-bond donors (Lipinski definition) is 0. The molecule has 1 atom stereocenters. The highest BCUT2D eigenvalue weighted by molar-refractivity contribution is 5.77. The van der Waals surface area contributed by atoms with E-state index in [4.69, 9.17) is 9.47 Å². The van der Waals surface area contributed by atoms with E-state index in [1.54, 1.807) is 18.0 Å². The molecule has 0 N–H and O–H groups in total. The molecule has 0 radical (unpaired) electrons. The molecule has 3 heterocycles. The molecule has 6 nitrogen and oxygen atoms in total. The Hall–Kier alpha value is -1.40. The zero-order valence-electron chi connectivity index (χ0n) is 12.7. The summed E-state index contributed by atoms with van der Waals surface area (Å²) in [6.45, 7) is 5.30. The van der Waals surface area contributed by atoms with Gasteiger partial charge in [-0.2, -0.15) is 5.10 Å². The van der Waals surface area contributed by atoms with Crippen molar-refractivity contribution in [3.05, 3.63) is 18.0 Å². The lowest BCUT2D eigenvalue weighted by atomic mass is 9.86. The summed E-state index contributed by atoms with van der Waals surface area (Å²) in [6, 6.07) is 0. The number of aryl methyl sites for hydroxylation is 1. The van der Waals surface area contributed by atoms with Gasteiger partial charge in [-0.3, -0.25) is 9.48 Å². The number of carbonyl (C=O) groups excluding carboxylic acids is 1. The molecule has 0 aromatic carbocycles. The molecule has 0 aliphatic carbocycles. The lowest BCUT2D eigenvalue weighted by Gasteiger charge is -2.47. The van der Waals surface area contributed by atoms with Crippen LogP contribution in [0.15, 0.2) is 12.4 Å². The van der Waals surface area contributed by atoms with Crippen molar-refractivity contribution in [2.75, 3.05) is 33.4 Å². The number of amides is 1. The number of likely N-dealkylation sites (tertiary alicyclic amines) is 1. The lowest BCUT2D eigenvalue weighted by molar-refractivity contribution is -0.158. The normalized spacial score (nSPS) is 23.5. The van der Waals surface area contributed by atoms with E-state index in [1.807, 2.05) is 18.0 Å². The van der Waals surface area contributed by atoms with Crippen LogP contribution in [0, 0.1) is 12.8 Å². The molecule has 116 valence electrons. The van der Waals surface area contributed by atoms with Crippen LogP contribution in [0.1, 0.15) is 18.4 Å². The Bertz CT molecular complexity index is 508. The maximum atomic E-state index is 12.2. The predicted molar refractivity (Wildman–Crippen MR) is 76.8 cm³/mol. The van der Waals surface area contributed by atoms with Gasteiger partial charge in [-0.15, -0.1) is 0 Å². The molecule has 1 unspecified atom stereocenters.